The Morgan fingerprint density at radius 3 is 3.18 bits per heavy atom. The lowest BCUT2D eigenvalue weighted by Gasteiger charge is -2.32. The second-order valence-corrected chi connectivity index (χ2v) is 4.47. The van der Waals surface area contributed by atoms with Crippen molar-refractivity contribution in [3.8, 4) is 0 Å². The van der Waals surface area contributed by atoms with Crippen molar-refractivity contribution in [3.05, 3.63) is 45.3 Å². The Morgan fingerprint density at radius 1 is 1.68 bits per heavy atom. The first kappa shape index (κ1) is 15.5. The van der Waals surface area contributed by atoms with Gasteiger partial charge >= 0.3 is 0 Å². The van der Waals surface area contributed by atoms with Crippen molar-refractivity contribution in [2.24, 2.45) is 10.3 Å². The van der Waals surface area contributed by atoms with E-state index in [1.165, 1.54) is 0 Å². The number of amides is 1. The average Bonchev–Trinajstić information content (AvgIpc) is 2.53. The molecule has 0 saturated carbocycles. The van der Waals surface area contributed by atoms with Crippen molar-refractivity contribution in [1.29, 1.82) is 5.53 Å². The van der Waals surface area contributed by atoms with Gasteiger partial charge in [-0.2, -0.15) is 5.53 Å². The fraction of sp³-hybridized carbons (Fsp3) is 0.417. The second kappa shape index (κ2) is 7.25. The normalized spacial score (nSPS) is 19.6. The summed E-state index contributed by atoms with van der Waals surface area (Å²) in [6.07, 6.45) is 3.54. The molecule has 1 atom stereocenters. The van der Waals surface area contributed by atoms with Gasteiger partial charge in [0.25, 0.3) is 5.91 Å². The Bertz CT molecular complexity index is 615. The Balaban J connectivity index is 2.31. The van der Waals surface area contributed by atoms with Crippen molar-refractivity contribution < 1.29 is 9.53 Å². The molecule has 1 amide bonds. The predicted octanol–water partition coefficient (Wildman–Crippen LogP) is 1.34. The van der Waals surface area contributed by atoms with E-state index in [4.69, 9.17) is 15.8 Å². The van der Waals surface area contributed by atoms with Crippen molar-refractivity contribution >= 4 is 5.91 Å². The molecule has 0 spiro atoms. The molecule has 0 aromatic carbocycles. The third-order valence-electron chi connectivity index (χ3n) is 3.23. The maximum absolute atomic E-state index is 12.1. The first-order valence-electron chi connectivity index (χ1n) is 6.65. The van der Waals surface area contributed by atoms with Gasteiger partial charge in [-0.15, -0.1) is 0 Å². The van der Waals surface area contributed by atoms with E-state index in [1.807, 2.05) is 13.0 Å². The topological polar surface area (TPSA) is 147 Å². The molecule has 116 valence electrons. The molecular weight excluding hydrogens is 288 g/mol. The first-order valence-corrected chi connectivity index (χ1v) is 6.65. The summed E-state index contributed by atoms with van der Waals surface area (Å²) in [5.41, 5.74) is 19.8. The summed E-state index contributed by atoms with van der Waals surface area (Å²) < 4.78 is 5.60. The van der Waals surface area contributed by atoms with Gasteiger partial charge in [0.1, 0.15) is 0 Å². The van der Waals surface area contributed by atoms with Gasteiger partial charge in [0, 0.05) is 46.7 Å². The number of azide groups is 1. The molecule has 2 heterocycles. The van der Waals surface area contributed by atoms with Gasteiger partial charge in [0.2, 0.25) is 0 Å². The Kier molecular flexibility index (Phi) is 5.12. The molecule has 0 aromatic heterocycles. The highest BCUT2D eigenvalue weighted by molar-refractivity contribution is 5.94. The Labute approximate surface area is 126 Å². The minimum Gasteiger partial charge on any atom is -0.363 e. The predicted molar refractivity (Wildman–Crippen MR) is 76.8 cm³/mol. The van der Waals surface area contributed by atoms with Crippen molar-refractivity contribution in [1.82, 2.24) is 16.1 Å². The smallest absolute Gasteiger partial charge is 0.270 e. The second-order valence-electron chi connectivity index (χ2n) is 4.47. The fourth-order valence-electron chi connectivity index (χ4n) is 2.30. The molecule has 0 bridgehead atoms. The zero-order valence-corrected chi connectivity index (χ0v) is 12.0. The van der Waals surface area contributed by atoms with E-state index in [-0.39, 0.29) is 12.8 Å². The van der Waals surface area contributed by atoms with Crippen molar-refractivity contribution in [2.75, 3.05) is 13.2 Å². The number of hydrogen-bond acceptors (Lipinski definition) is 7. The van der Waals surface area contributed by atoms with E-state index in [2.05, 4.69) is 31.3 Å². The molecule has 10 heteroatoms. The average molecular weight is 304 g/mol. The lowest BCUT2D eigenvalue weighted by atomic mass is 9.94. The SMILES string of the molecule is CCOC1NC=CC2=C1CC(C(=O)NN=N)=C(CN=[N+]=[N-])N2. The van der Waals surface area contributed by atoms with Crippen molar-refractivity contribution in [3.63, 3.8) is 0 Å². The van der Waals surface area contributed by atoms with E-state index in [0.717, 1.165) is 11.3 Å². The molecule has 2 rings (SSSR count). The van der Waals surface area contributed by atoms with Gasteiger partial charge in [-0.3, -0.25) is 4.79 Å². The van der Waals surface area contributed by atoms with Crippen LogP contribution in [0.25, 0.3) is 10.4 Å². The largest absolute Gasteiger partial charge is 0.363 e. The number of allylic oxidation sites excluding steroid dienone is 1. The third kappa shape index (κ3) is 3.25. The monoisotopic (exact) mass is 304 g/mol. The number of nitrogens with one attached hydrogen (secondary N) is 4. The zero-order chi connectivity index (χ0) is 15.9. The van der Waals surface area contributed by atoms with E-state index < -0.39 is 5.91 Å². The minimum absolute atomic E-state index is 0.00854. The van der Waals surface area contributed by atoms with Gasteiger partial charge in [-0.1, -0.05) is 10.3 Å². The maximum Gasteiger partial charge on any atom is 0.270 e. The molecule has 1 unspecified atom stereocenters. The third-order valence-corrected chi connectivity index (χ3v) is 3.23. The van der Waals surface area contributed by atoms with Crippen LogP contribution in [-0.4, -0.2) is 25.3 Å². The van der Waals surface area contributed by atoms with Crippen LogP contribution in [0.15, 0.2) is 45.2 Å². The van der Waals surface area contributed by atoms with Gasteiger partial charge in [0.05, 0.1) is 6.54 Å². The summed E-state index contributed by atoms with van der Waals surface area (Å²) in [4.78, 5) is 14.8. The summed E-state index contributed by atoms with van der Waals surface area (Å²) in [7, 11) is 0. The molecule has 22 heavy (non-hydrogen) atoms. The van der Waals surface area contributed by atoms with Crippen LogP contribution in [0.2, 0.25) is 0 Å². The van der Waals surface area contributed by atoms with Crippen LogP contribution < -0.4 is 16.1 Å². The first-order chi connectivity index (χ1) is 10.7. The summed E-state index contributed by atoms with van der Waals surface area (Å²) in [5, 5.41) is 12.5. The number of nitrogens with zero attached hydrogens (tertiary/aromatic N) is 4. The van der Waals surface area contributed by atoms with Crippen LogP contribution in [-0.2, 0) is 9.53 Å². The number of hydrogen-bond donors (Lipinski definition) is 4. The molecule has 0 saturated heterocycles. The van der Waals surface area contributed by atoms with E-state index in [0.29, 0.717) is 24.3 Å². The molecule has 4 N–H and O–H groups in total. The van der Waals surface area contributed by atoms with Crippen LogP contribution >= 0.6 is 0 Å². The summed E-state index contributed by atoms with van der Waals surface area (Å²) in [6.45, 7) is 2.40. The van der Waals surface area contributed by atoms with E-state index in [9.17, 15) is 4.79 Å². The van der Waals surface area contributed by atoms with Crippen molar-refractivity contribution in [2.45, 2.75) is 19.6 Å². The summed E-state index contributed by atoms with van der Waals surface area (Å²) in [5.74, 6) is -0.512. The molecule has 2 aliphatic heterocycles. The van der Waals surface area contributed by atoms with E-state index >= 15 is 0 Å². The van der Waals surface area contributed by atoms with Crippen LogP contribution in [0.1, 0.15) is 13.3 Å². The quantitative estimate of drug-likeness (QED) is 0.253. The number of ether oxygens (including phenoxy) is 1. The molecule has 0 aliphatic carbocycles. The van der Waals surface area contributed by atoms with Crippen LogP contribution in [0, 0.1) is 5.53 Å². The number of carbonyl (C=O) groups excluding carboxylic acids is 1. The molecule has 0 aromatic rings. The van der Waals surface area contributed by atoms with Crippen LogP contribution in [0.4, 0.5) is 0 Å². The lowest BCUT2D eigenvalue weighted by Crippen LogP contribution is -2.39. The minimum atomic E-state index is -0.512. The molecule has 0 radical (unpaired) electrons. The molecule has 2 aliphatic rings. The summed E-state index contributed by atoms with van der Waals surface area (Å²) in [6, 6.07) is 0. The van der Waals surface area contributed by atoms with Gasteiger partial charge in [-0.25, -0.2) is 5.43 Å². The lowest BCUT2D eigenvalue weighted by molar-refractivity contribution is -0.117. The zero-order valence-electron chi connectivity index (χ0n) is 12.0. The molecule has 10 nitrogen and oxygen atoms in total. The highest BCUT2D eigenvalue weighted by Gasteiger charge is 2.29. The van der Waals surface area contributed by atoms with Gasteiger partial charge in [0.15, 0.2) is 6.23 Å². The van der Waals surface area contributed by atoms with Gasteiger partial charge in [-0.05, 0) is 18.5 Å². The van der Waals surface area contributed by atoms with Crippen LogP contribution in [0.3, 0.4) is 0 Å². The molecule has 0 fully saturated rings. The Hall–Kier alpha value is -2.84. The highest BCUT2D eigenvalue weighted by atomic mass is 16.5. The summed E-state index contributed by atoms with van der Waals surface area (Å²) >= 11 is 0. The number of carbonyl (C=O) groups is 1. The highest BCUT2D eigenvalue weighted by Crippen LogP contribution is 2.28. The van der Waals surface area contributed by atoms with Gasteiger partial charge < -0.3 is 15.4 Å². The standard InChI is InChI=1S/C12H16N8O2/c1-2-22-12-8-5-7(11(21)18-20-14)10(6-16-19-13)17-9(8)3-4-15-12/h3-4,12,15,17H,2,5-6H2,1H3,(H2,14,18,21). The number of dihydropyridines is 2. The van der Waals surface area contributed by atoms with E-state index in [1.54, 1.807) is 6.20 Å². The Morgan fingerprint density at radius 2 is 2.50 bits per heavy atom. The molecular formula is C12H16N8O2. The fourth-order valence-corrected chi connectivity index (χ4v) is 2.30. The number of rotatable bonds is 6. The maximum atomic E-state index is 12.1. The van der Waals surface area contributed by atoms with Crippen LogP contribution in [0.5, 0.6) is 0 Å².